The minimum atomic E-state index is -1.09. The lowest BCUT2D eigenvalue weighted by Crippen LogP contribution is -2.40. The smallest absolute Gasteiger partial charge is 0.325 e. The molecule has 76 valence electrons. The number of urea groups is 1. The number of H-pyrrole nitrogens is 1. The lowest BCUT2D eigenvalue weighted by Gasteiger charge is -2.08. The fraction of sp³-hybridized carbons (Fsp3) is 0.286. The van der Waals surface area contributed by atoms with E-state index in [2.05, 4.69) is 20.8 Å². The molecule has 0 aliphatic heterocycles. The molecule has 0 spiro atoms. The second-order valence-corrected chi connectivity index (χ2v) is 2.65. The SMILES string of the molecule is CC(NC(=O)Nc1cn[nH]c1)C(=O)O. The van der Waals surface area contributed by atoms with Crippen LogP contribution in [0.15, 0.2) is 12.4 Å². The number of carbonyl (C=O) groups excluding carboxylic acids is 1. The van der Waals surface area contributed by atoms with E-state index in [-0.39, 0.29) is 0 Å². The first-order valence-corrected chi connectivity index (χ1v) is 3.88. The van der Waals surface area contributed by atoms with Gasteiger partial charge in [0.1, 0.15) is 6.04 Å². The van der Waals surface area contributed by atoms with Gasteiger partial charge in [-0.25, -0.2) is 4.79 Å². The molecule has 0 aromatic carbocycles. The quantitative estimate of drug-likeness (QED) is 0.548. The summed E-state index contributed by atoms with van der Waals surface area (Å²) in [5.41, 5.74) is 0.472. The molecule has 2 amide bonds. The van der Waals surface area contributed by atoms with E-state index in [1.165, 1.54) is 19.3 Å². The summed E-state index contributed by atoms with van der Waals surface area (Å²) in [6.45, 7) is 1.37. The number of nitrogens with one attached hydrogen (secondary N) is 3. The minimum absolute atomic E-state index is 0.472. The van der Waals surface area contributed by atoms with Crippen LogP contribution in [-0.4, -0.2) is 33.3 Å². The lowest BCUT2D eigenvalue weighted by molar-refractivity contribution is -0.138. The van der Waals surface area contributed by atoms with Gasteiger partial charge in [-0.15, -0.1) is 0 Å². The van der Waals surface area contributed by atoms with Crippen LogP contribution in [0.2, 0.25) is 0 Å². The molecule has 0 radical (unpaired) electrons. The molecule has 7 heteroatoms. The van der Waals surface area contributed by atoms with Crippen molar-refractivity contribution >= 4 is 17.7 Å². The predicted octanol–water partition coefficient (Wildman–Crippen LogP) is 0.00430. The predicted molar refractivity (Wildman–Crippen MR) is 47.8 cm³/mol. The van der Waals surface area contributed by atoms with Crippen LogP contribution in [0.3, 0.4) is 0 Å². The molecule has 1 aromatic heterocycles. The number of anilines is 1. The Labute approximate surface area is 79.5 Å². The Morgan fingerprint density at radius 2 is 2.36 bits per heavy atom. The topological polar surface area (TPSA) is 107 Å². The Bertz CT molecular complexity index is 322. The van der Waals surface area contributed by atoms with E-state index in [9.17, 15) is 9.59 Å². The zero-order valence-electron chi connectivity index (χ0n) is 7.44. The third-order valence-corrected chi connectivity index (χ3v) is 1.47. The maximum atomic E-state index is 11.1. The van der Waals surface area contributed by atoms with Crippen LogP contribution in [0.4, 0.5) is 10.5 Å². The molecular formula is C7H10N4O3. The maximum absolute atomic E-state index is 11.1. The van der Waals surface area contributed by atoms with E-state index in [1.807, 2.05) is 0 Å². The Morgan fingerprint density at radius 1 is 1.64 bits per heavy atom. The van der Waals surface area contributed by atoms with Crippen LogP contribution in [0.5, 0.6) is 0 Å². The van der Waals surface area contributed by atoms with Gasteiger partial charge in [0.05, 0.1) is 11.9 Å². The van der Waals surface area contributed by atoms with Crippen molar-refractivity contribution in [1.29, 1.82) is 0 Å². The number of carbonyl (C=O) groups is 2. The standard InChI is InChI=1S/C7H10N4O3/c1-4(6(12)13)10-7(14)11-5-2-8-9-3-5/h2-4H,1H3,(H,8,9)(H,12,13)(H2,10,11,14). The molecule has 7 nitrogen and oxygen atoms in total. The van der Waals surface area contributed by atoms with Gasteiger partial charge in [0.25, 0.3) is 0 Å². The minimum Gasteiger partial charge on any atom is -0.480 e. The first-order valence-electron chi connectivity index (χ1n) is 3.88. The number of hydrogen-bond donors (Lipinski definition) is 4. The molecule has 0 aliphatic rings. The van der Waals surface area contributed by atoms with E-state index >= 15 is 0 Å². The van der Waals surface area contributed by atoms with E-state index in [0.717, 1.165) is 0 Å². The number of aromatic nitrogens is 2. The van der Waals surface area contributed by atoms with Crippen LogP contribution in [0.25, 0.3) is 0 Å². The third kappa shape index (κ3) is 2.77. The van der Waals surface area contributed by atoms with E-state index in [4.69, 9.17) is 5.11 Å². The molecule has 1 rings (SSSR count). The number of aliphatic carboxylic acids is 1. The van der Waals surface area contributed by atoms with Crippen LogP contribution in [0, 0.1) is 0 Å². The molecule has 0 aliphatic carbocycles. The molecule has 1 atom stereocenters. The molecule has 1 aromatic rings. The first-order chi connectivity index (χ1) is 6.59. The van der Waals surface area contributed by atoms with Gasteiger partial charge in [0, 0.05) is 6.20 Å². The number of aromatic amines is 1. The van der Waals surface area contributed by atoms with Crippen LogP contribution < -0.4 is 10.6 Å². The average molecular weight is 198 g/mol. The lowest BCUT2D eigenvalue weighted by atomic mass is 10.3. The van der Waals surface area contributed by atoms with Crippen molar-refractivity contribution in [3.05, 3.63) is 12.4 Å². The second-order valence-electron chi connectivity index (χ2n) is 2.65. The first kappa shape index (κ1) is 10.0. The highest BCUT2D eigenvalue weighted by Gasteiger charge is 2.13. The largest absolute Gasteiger partial charge is 0.480 e. The maximum Gasteiger partial charge on any atom is 0.325 e. The highest BCUT2D eigenvalue weighted by Crippen LogP contribution is 2.00. The summed E-state index contributed by atoms with van der Waals surface area (Å²) >= 11 is 0. The molecule has 4 N–H and O–H groups in total. The van der Waals surface area contributed by atoms with Gasteiger partial charge in [-0.1, -0.05) is 0 Å². The summed E-state index contributed by atoms with van der Waals surface area (Å²) in [7, 11) is 0. The summed E-state index contributed by atoms with van der Waals surface area (Å²) in [6.07, 6.45) is 2.88. The van der Waals surface area contributed by atoms with Crippen molar-refractivity contribution in [2.24, 2.45) is 0 Å². The molecule has 0 saturated heterocycles. The van der Waals surface area contributed by atoms with Crippen molar-refractivity contribution in [1.82, 2.24) is 15.5 Å². The second kappa shape index (κ2) is 4.26. The van der Waals surface area contributed by atoms with Crippen molar-refractivity contribution in [2.45, 2.75) is 13.0 Å². The molecule has 0 fully saturated rings. The van der Waals surface area contributed by atoms with E-state index < -0.39 is 18.0 Å². The van der Waals surface area contributed by atoms with Crippen LogP contribution >= 0.6 is 0 Å². The van der Waals surface area contributed by atoms with E-state index in [1.54, 1.807) is 0 Å². The number of rotatable bonds is 3. The van der Waals surface area contributed by atoms with Gasteiger partial charge in [-0.05, 0) is 6.92 Å². The number of amides is 2. The fourth-order valence-corrected chi connectivity index (χ4v) is 0.745. The van der Waals surface area contributed by atoms with Crippen molar-refractivity contribution < 1.29 is 14.7 Å². The molecule has 1 unspecified atom stereocenters. The number of nitrogens with zero attached hydrogens (tertiary/aromatic N) is 1. The van der Waals surface area contributed by atoms with Gasteiger partial charge in [0.2, 0.25) is 0 Å². The zero-order chi connectivity index (χ0) is 10.6. The number of hydrogen-bond acceptors (Lipinski definition) is 3. The Balaban J connectivity index is 2.40. The van der Waals surface area contributed by atoms with Gasteiger partial charge < -0.3 is 15.7 Å². The number of carboxylic acids is 1. The Morgan fingerprint density at radius 3 is 2.86 bits per heavy atom. The fourth-order valence-electron chi connectivity index (χ4n) is 0.745. The Kier molecular flexibility index (Phi) is 3.05. The highest BCUT2D eigenvalue weighted by atomic mass is 16.4. The summed E-state index contributed by atoms with van der Waals surface area (Å²) in [5.74, 6) is -1.09. The average Bonchev–Trinajstić information content (AvgIpc) is 2.56. The molecular weight excluding hydrogens is 188 g/mol. The summed E-state index contributed by atoms with van der Waals surface area (Å²) in [4.78, 5) is 21.5. The van der Waals surface area contributed by atoms with Crippen molar-refractivity contribution in [3.8, 4) is 0 Å². The zero-order valence-corrected chi connectivity index (χ0v) is 7.44. The van der Waals surface area contributed by atoms with Crippen molar-refractivity contribution in [3.63, 3.8) is 0 Å². The van der Waals surface area contributed by atoms with Gasteiger partial charge >= 0.3 is 12.0 Å². The molecule has 14 heavy (non-hydrogen) atoms. The van der Waals surface area contributed by atoms with Gasteiger partial charge in [0.15, 0.2) is 0 Å². The summed E-state index contributed by atoms with van der Waals surface area (Å²) in [6, 6.07) is -1.51. The van der Waals surface area contributed by atoms with Gasteiger partial charge in [-0.3, -0.25) is 9.89 Å². The molecule has 0 bridgehead atoms. The number of carboxylic acid groups (broad SMARTS) is 1. The Hall–Kier alpha value is -2.05. The monoisotopic (exact) mass is 198 g/mol. The van der Waals surface area contributed by atoms with Crippen LogP contribution in [0.1, 0.15) is 6.92 Å². The third-order valence-electron chi connectivity index (χ3n) is 1.47. The molecule has 0 saturated carbocycles. The summed E-state index contributed by atoms with van der Waals surface area (Å²) in [5, 5.41) is 19.2. The van der Waals surface area contributed by atoms with E-state index in [0.29, 0.717) is 5.69 Å². The normalized spacial score (nSPS) is 11.8. The molecule has 1 heterocycles. The highest BCUT2D eigenvalue weighted by molar-refractivity contribution is 5.91. The van der Waals surface area contributed by atoms with Crippen LogP contribution in [-0.2, 0) is 4.79 Å². The summed E-state index contributed by atoms with van der Waals surface area (Å²) < 4.78 is 0. The van der Waals surface area contributed by atoms with Crippen molar-refractivity contribution in [2.75, 3.05) is 5.32 Å². The van der Waals surface area contributed by atoms with Gasteiger partial charge in [-0.2, -0.15) is 5.10 Å².